The van der Waals surface area contributed by atoms with Crippen molar-refractivity contribution in [3.63, 3.8) is 0 Å². The van der Waals surface area contributed by atoms with Crippen LogP contribution >= 0.6 is 23.1 Å². The Morgan fingerprint density at radius 1 is 1.03 bits per heavy atom. The van der Waals surface area contributed by atoms with Crippen molar-refractivity contribution in [3.8, 4) is 0 Å². The summed E-state index contributed by atoms with van der Waals surface area (Å²) in [5.74, 6) is -0.633. The van der Waals surface area contributed by atoms with Crippen LogP contribution in [0.1, 0.15) is 20.9 Å². The first-order valence-electron chi connectivity index (χ1n) is 9.75. The van der Waals surface area contributed by atoms with Gasteiger partial charge >= 0.3 is 5.97 Å². The molecule has 32 heavy (non-hydrogen) atoms. The monoisotopic (exact) mass is 470 g/mol. The van der Waals surface area contributed by atoms with E-state index in [4.69, 9.17) is 4.74 Å². The highest BCUT2D eigenvalue weighted by molar-refractivity contribution is 7.98. The van der Waals surface area contributed by atoms with Gasteiger partial charge in [-0.3, -0.25) is 14.9 Å². The van der Waals surface area contributed by atoms with Gasteiger partial charge in [-0.15, -0.1) is 10.2 Å². The minimum atomic E-state index is -0.909. The molecule has 1 atom stereocenters. The summed E-state index contributed by atoms with van der Waals surface area (Å²) in [6, 6.07) is 17.5. The van der Waals surface area contributed by atoms with Crippen molar-refractivity contribution < 1.29 is 19.1 Å². The molecule has 0 aliphatic rings. The second-order valence-electron chi connectivity index (χ2n) is 6.67. The van der Waals surface area contributed by atoms with Crippen molar-refractivity contribution in [2.24, 2.45) is 0 Å². The molecule has 2 aromatic carbocycles. The van der Waals surface area contributed by atoms with E-state index in [9.17, 15) is 14.4 Å². The van der Waals surface area contributed by atoms with E-state index in [0.717, 1.165) is 5.56 Å². The predicted molar refractivity (Wildman–Crippen MR) is 125 cm³/mol. The maximum atomic E-state index is 12.7. The van der Waals surface area contributed by atoms with Crippen molar-refractivity contribution in [2.45, 2.75) is 18.7 Å². The van der Waals surface area contributed by atoms with Crippen molar-refractivity contribution in [1.82, 2.24) is 15.5 Å². The Morgan fingerprint density at radius 2 is 1.72 bits per heavy atom. The fraction of sp³-hybridized carbons (Fsp3) is 0.227. The number of hydrogen-bond acceptors (Lipinski definition) is 8. The summed E-state index contributed by atoms with van der Waals surface area (Å²) in [6.45, 7) is 1.28. The van der Waals surface area contributed by atoms with Gasteiger partial charge in [-0.25, -0.2) is 4.79 Å². The van der Waals surface area contributed by atoms with Crippen LogP contribution in [0.4, 0.5) is 5.13 Å². The third-order valence-corrected chi connectivity index (χ3v) is 6.00. The first-order chi connectivity index (χ1) is 15.5. The molecule has 166 valence electrons. The zero-order valence-corrected chi connectivity index (χ0v) is 18.9. The fourth-order valence-electron chi connectivity index (χ4n) is 2.61. The highest BCUT2D eigenvalue weighted by atomic mass is 32.2. The number of rotatable bonds is 10. The molecule has 0 aliphatic heterocycles. The topological polar surface area (TPSA) is 110 Å². The Labute approximate surface area is 193 Å². The minimum absolute atomic E-state index is 0.295. The van der Waals surface area contributed by atoms with E-state index in [1.54, 1.807) is 37.3 Å². The molecule has 3 rings (SSSR count). The molecule has 3 aromatic rings. The third kappa shape index (κ3) is 7.47. The van der Waals surface area contributed by atoms with Crippen LogP contribution in [-0.2, 0) is 20.1 Å². The average molecular weight is 471 g/mol. The van der Waals surface area contributed by atoms with Gasteiger partial charge < -0.3 is 10.1 Å². The lowest BCUT2D eigenvalue weighted by atomic mass is 10.2. The first kappa shape index (κ1) is 23.4. The van der Waals surface area contributed by atoms with Gasteiger partial charge in [0, 0.05) is 17.1 Å². The molecule has 0 fully saturated rings. The summed E-state index contributed by atoms with van der Waals surface area (Å²) >= 11 is 2.70. The number of aromatic nitrogens is 2. The van der Waals surface area contributed by atoms with E-state index in [1.807, 2.05) is 30.3 Å². The lowest BCUT2D eigenvalue weighted by Gasteiger charge is -2.17. The van der Waals surface area contributed by atoms with Crippen LogP contribution in [-0.4, -0.2) is 46.4 Å². The number of nitrogens with one attached hydrogen (secondary N) is 2. The van der Waals surface area contributed by atoms with Gasteiger partial charge in [0.1, 0.15) is 11.0 Å². The maximum Gasteiger partial charge on any atom is 0.330 e. The number of nitrogens with zero attached hydrogens (tertiary/aromatic N) is 2. The number of aryl methyl sites for hydroxylation is 1. The Kier molecular flexibility index (Phi) is 8.76. The molecule has 1 heterocycles. The normalized spacial score (nSPS) is 11.4. The number of carbonyl (C=O) groups is 3. The Morgan fingerprint density at radius 3 is 2.38 bits per heavy atom. The van der Waals surface area contributed by atoms with Crippen LogP contribution in [0.15, 0.2) is 60.7 Å². The third-order valence-electron chi connectivity index (χ3n) is 4.14. The summed E-state index contributed by atoms with van der Waals surface area (Å²) in [6.07, 6.45) is 0. The predicted octanol–water partition coefficient (Wildman–Crippen LogP) is 3.06. The number of thioether (sulfide) groups is 1. The van der Waals surface area contributed by atoms with Gasteiger partial charge in [-0.2, -0.15) is 11.8 Å². The van der Waals surface area contributed by atoms with Crippen molar-refractivity contribution in [3.05, 3.63) is 76.8 Å². The largest absolute Gasteiger partial charge is 0.454 e. The van der Waals surface area contributed by atoms with Crippen LogP contribution in [0.25, 0.3) is 0 Å². The number of ether oxygens (including phenoxy) is 1. The molecular formula is C22H22N4O4S2. The molecule has 0 bridgehead atoms. The van der Waals surface area contributed by atoms with Gasteiger partial charge in [0.2, 0.25) is 5.13 Å². The summed E-state index contributed by atoms with van der Waals surface area (Å²) in [4.78, 5) is 37.3. The Hall–Kier alpha value is -3.24. The van der Waals surface area contributed by atoms with Crippen LogP contribution < -0.4 is 10.6 Å². The molecule has 1 aromatic heterocycles. The molecule has 2 N–H and O–H groups in total. The molecule has 1 unspecified atom stereocenters. The standard InChI is InChI=1S/C22H22N4O4S2/c1-15-25-26-22(32-15)24-19(27)12-30-21(29)18(14-31-13-16-8-4-2-5-9-16)23-20(28)17-10-6-3-7-11-17/h2-11,18H,12-14H2,1H3,(H,23,28)(H,24,26,27). The zero-order valence-electron chi connectivity index (χ0n) is 17.3. The van der Waals surface area contributed by atoms with Crippen molar-refractivity contribution in [1.29, 1.82) is 0 Å². The smallest absolute Gasteiger partial charge is 0.330 e. The quantitative estimate of drug-likeness (QED) is 0.438. The lowest BCUT2D eigenvalue weighted by Crippen LogP contribution is -2.44. The highest BCUT2D eigenvalue weighted by Crippen LogP contribution is 2.15. The number of amides is 2. The maximum absolute atomic E-state index is 12.7. The number of hydrogen-bond donors (Lipinski definition) is 2. The molecule has 0 radical (unpaired) electrons. The fourth-order valence-corrected chi connectivity index (χ4v) is 4.22. The zero-order chi connectivity index (χ0) is 22.8. The van der Waals surface area contributed by atoms with Gasteiger partial charge in [0.15, 0.2) is 6.61 Å². The van der Waals surface area contributed by atoms with E-state index in [-0.39, 0.29) is 5.91 Å². The highest BCUT2D eigenvalue weighted by Gasteiger charge is 2.24. The van der Waals surface area contributed by atoms with E-state index in [0.29, 0.717) is 27.2 Å². The Balaban J connectivity index is 1.57. The van der Waals surface area contributed by atoms with Crippen LogP contribution in [0.2, 0.25) is 0 Å². The molecule has 0 aliphatic carbocycles. The summed E-state index contributed by atoms with van der Waals surface area (Å²) in [7, 11) is 0. The molecule has 0 saturated heterocycles. The first-order valence-corrected chi connectivity index (χ1v) is 11.7. The van der Waals surface area contributed by atoms with Crippen LogP contribution in [0.5, 0.6) is 0 Å². The van der Waals surface area contributed by atoms with E-state index < -0.39 is 24.5 Å². The molecule has 0 saturated carbocycles. The number of carbonyl (C=O) groups excluding carboxylic acids is 3. The van der Waals surface area contributed by atoms with E-state index >= 15 is 0 Å². The molecular weight excluding hydrogens is 448 g/mol. The molecule has 10 heteroatoms. The number of anilines is 1. The molecule has 8 nitrogen and oxygen atoms in total. The minimum Gasteiger partial charge on any atom is -0.454 e. The summed E-state index contributed by atoms with van der Waals surface area (Å²) < 4.78 is 5.16. The van der Waals surface area contributed by atoms with E-state index in [2.05, 4.69) is 20.8 Å². The van der Waals surface area contributed by atoms with Crippen LogP contribution in [0.3, 0.4) is 0 Å². The van der Waals surface area contributed by atoms with E-state index in [1.165, 1.54) is 23.1 Å². The summed E-state index contributed by atoms with van der Waals surface area (Å²) in [5.41, 5.74) is 1.54. The van der Waals surface area contributed by atoms with Gasteiger partial charge in [-0.05, 0) is 24.6 Å². The van der Waals surface area contributed by atoms with Gasteiger partial charge in [0.05, 0.1) is 0 Å². The SMILES string of the molecule is Cc1nnc(NC(=O)COC(=O)C(CSCc2ccccc2)NC(=O)c2ccccc2)s1. The molecule has 2 amide bonds. The second kappa shape index (κ2) is 12.0. The van der Waals surface area contributed by atoms with Gasteiger partial charge in [0.25, 0.3) is 11.8 Å². The average Bonchev–Trinajstić information content (AvgIpc) is 3.22. The number of benzene rings is 2. The Bertz CT molecular complexity index is 1040. The van der Waals surface area contributed by atoms with Crippen LogP contribution in [0, 0.1) is 6.92 Å². The van der Waals surface area contributed by atoms with Crippen molar-refractivity contribution >= 4 is 46.0 Å². The second-order valence-corrected chi connectivity index (χ2v) is 8.89. The van der Waals surface area contributed by atoms with Gasteiger partial charge in [-0.1, -0.05) is 59.9 Å². The summed E-state index contributed by atoms with van der Waals surface area (Å²) in [5, 5.41) is 13.9. The molecule has 0 spiro atoms. The van der Waals surface area contributed by atoms with Crippen molar-refractivity contribution in [2.75, 3.05) is 17.7 Å². The number of esters is 1. The lowest BCUT2D eigenvalue weighted by molar-refractivity contribution is -0.148.